The van der Waals surface area contributed by atoms with E-state index < -0.39 is 5.97 Å². The van der Waals surface area contributed by atoms with Crippen LogP contribution in [0.3, 0.4) is 0 Å². The van der Waals surface area contributed by atoms with Gasteiger partial charge in [0.1, 0.15) is 11.3 Å². The summed E-state index contributed by atoms with van der Waals surface area (Å²) >= 11 is 6.16. The first-order chi connectivity index (χ1) is 21.7. The number of methoxy groups -OCH3 is 1. The van der Waals surface area contributed by atoms with Gasteiger partial charge in [0.2, 0.25) is 0 Å². The summed E-state index contributed by atoms with van der Waals surface area (Å²) in [5.74, 6) is 1.28. The summed E-state index contributed by atoms with van der Waals surface area (Å²) in [4.78, 5) is 32.5. The van der Waals surface area contributed by atoms with Crippen molar-refractivity contribution in [2.75, 3.05) is 13.7 Å². The molecule has 2 unspecified atom stereocenters. The minimum absolute atomic E-state index is 0.0197. The molecule has 2 saturated carbocycles. The van der Waals surface area contributed by atoms with Crippen LogP contribution in [0.5, 0.6) is 5.75 Å². The predicted octanol–water partition coefficient (Wildman–Crippen LogP) is 6.19. The number of ether oxygens (including phenoxy) is 1. The van der Waals surface area contributed by atoms with Crippen LogP contribution >= 0.6 is 11.6 Å². The zero-order valence-electron chi connectivity index (χ0n) is 25.2. The van der Waals surface area contributed by atoms with E-state index in [1.54, 1.807) is 19.2 Å². The molecule has 5 aromatic rings. The molecule has 10 heteroatoms. The number of nitrogens with zero attached hydrogens (tertiary/aromatic N) is 4. The Morgan fingerprint density at radius 2 is 1.82 bits per heavy atom. The van der Waals surface area contributed by atoms with Gasteiger partial charge in [-0.2, -0.15) is 0 Å². The molecule has 230 valence electrons. The van der Waals surface area contributed by atoms with Gasteiger partial charge in [-0.15, -0.1) is 0 Å². The number of likely N-dealkylation sites (tertiary alicyclic amines) is 1. The summed E-state index contributed by atoms with van der Waals surface area (Å²) in [5, 5.41) is 10.9. The van der Waals surface area contributed by atoms with E-state index in [-0.39, 0.29) is 28.6 Å². The lowest BCUT2D eigenvalue weighted by molar-refractivity contribution is 0.0689. The lowest BCUT2D eigenvalue weighted by Gasteiger charge is -2.27. The number of carboxylic acid groups (broad SMARTS) is 1. The molecule has 3 aromatic carbocycles. The van der Waals surface area contributed by atoms with E-state index in [9.17, 15) is 14.7 Å². The van der Waals surface area contributed by atoms with Crippen LogP contribution in [-0.2, 0) is 13.6 Å². The fraction of sp³-hybridized carbons (Fsp3) is 0.343. The molecule has 3 aliphatic rings. The van der Waals surface area contributed by atoms with Crippen LogP contribution in [-0.4, -0.2) is 61.7 Å². The number of halogens is 1. The highest BCUT2D eigenvalue weighted by molar-refractivity contribution is 6.33. The Bertz CT molecular complexity index is 2040. The zero-order valence-corrected chi connectivity index (χ0v) is 25.9. The molecule has 0 radical (unpaired) electrons. The second-order valence-electron chi connectivity index (χ2n) is 12.8. The summed E-state index contributed by atoms with van der Waals surface area (Å²) in [5.41, 5.74) is 12.3. The number of aryl methyl sites for hydroxylation is 1. The number of aromatic nitrogens is 3. The van der Waals surface area contributed by atoms with Crippen molar-refractivity contribution in [2.24, 2.45) is 24.6 Å². The van der Waals surface area contributed by atoms with E-state index in [2.05, 4.69) is 22.8 Å². The van der Waals surface area contributed by atoms with Gasteiger partial charge in [0.25, 0.3) is 5.91 Å². The van der Waals surface area contributed by atoms with Gasteiger partial charge in [-0.3, -0.25) is 4.79 Å². The van der Waals surface area contributed by atoms with E-state index in [1.165, 1.54) is 12.8 Å². The fourth-order valence-electron chi connectivity index (χ4n) is 7.51. The van der Waals surface area contributed by atoms with Crippen molar-refractivity contribution >= 4 is 45.4 Å². The maximum Gasteiger partial charge on any atom is 0.337 e. The first-order valence-electron chi connectivity index (χ1n) is 15.5. The summed E-state index contributed by atoms with van der Waals surface area (Å²) in [7, 11) is 3.61. The lowest BCUT2D eigenvalue weighted by Crippen LogP contribution is -2.41. The Balaban J connectivity index is 1.24. The van der Waals surface area contributed by atoms with Crippen LogP contribution < -0.4 is 10.5 Å². The third-order valence-electron chi connectivity index (χ3n) is 10.1. The molecule has 3 atom stereocenters. The molecule has 1 amide bonds. The molecular weight excluding hydrogens is 590 g/mol. The number of carbonyl (C=O) groups is 2. The van der Waals surface area contributed by atoms with Crippen LogP contribution in [0, 0.1) is 11.8 Å². The smallest absolute Gasteiger partial charge is 0.337 e. The Kier molecular flexibility index (Phi) is 6.48. The van der Waals surface area contributed by atoms with Crippen molar-refractivity contribution in [1.82, 2.24) is 19.0 Å². The standard InChI is InChI=1S/C35H34ClN5O4/c1-39-32-26(12-23(15-30(32)45-2)34(42)41-17-22-8-10-27(41)31(22)37)38-33(39)29-14-21-6-5-20(13-28(21)40(29)16-18-3-4-18)19-7-9-25(36)24(11-19)35(43)44/h5-7,9,11-15,18,22,27,31H,3-4,8,10,16-17,37H2,1-2H3,(H,43,44)/t22?,27?,31-/m1/s1. The molecule has 1 aliphatic heterocycles. The molecule has 3 N–H and O–H groups in total. The van der Waals surface area contributed by atoms with Crippen molar-refractivity contribution in [1.29, 1.82) is 0 Å². The average molecular weight is 624 g/mol. The summed E-state index contributed by atoms with van der Waals surface area (Å²) in [6.07, 6.45) is 4.40. The minimum Gasteiger partial charge on any atom is -0.494 e. The number of hydrogen-bond donors (Lipinski definition) is 2. The van der Waals surface area contributed by atoms with Crippen LogP contribution in [0.25, 0.3) is 44.6 Å². The van der Waals surface area contributed by atoms with Gasteiger partial charge in [0.05, 0.1) is 28.9 Å². The number of piperidine rings is 1. The molecule has 2 bridgehead atoms. The van der Waals surface area contributed by atoms with Gasteiger partial charge < -0.3 is 29.6 Å². The maximum absolute atomic E-state index is 13.7. The van der Waals surface area contributed by atoms with E-state index in [0.717, 1.165) is 58.5 Å². The molecule has 1 saturated heterocycles. The van der Waals surface area contributed by atoms with Crippen LogP contribution in [0.1, 0.15) is 46.4 Å². The Labute approximate surface area is 265 Å². The molecule has 2 aromatic heterocycles. The van der Waals surface area contributed by atoms with Crippen molar-refractivity contribution in [3.8, 4) is 28.4 Å². The molecule has 2 aliphatic carbocycles. The van der Waals surface area contributed by atoms with E-state index in [4.69, 9.17) is 27.1 Å². The van der Waals surface area contributed by atoms with Gasteiger partial charge in [0.15, 0.2) is 5.82 Å². The van der Waals surface area contributed by atoms with E-state index in [0.29, 0.717) is 35.2 Å². The summed E-state index contributed by atoms with van der Waals surface area (Å²) in [6, 6.07) is 17.3. The number of imidazole rings is 1. The normalized spacial score (nSPS) is 20.9. The number of amides is 1. The van der Waals surface area contributed by atoms with Crippen molar-refractivity contribution in [3.63, 3.8) is 0 Å². The monoisotopic (exact) mass is 623 g/mol. The third kappa shape index (κ3) is 4.51. The van der Waals surface area contributed by atoms with Crippen LogP contribution in [0.4, 0.5) is 0 Å². The molecule has 45 heavy (non-hydrogen) atoms. The number of benzene rings is 3. The van der Waals surface area contributed by atoms with E-state index >= 15 is 0 Å². The number of nitrogens with two attached hydrogens (primary N) is 1. The topological polar surface area (TPSA) is 116 Å². The quantitative estimate of drug-likeness (QED) is 0.223. The first-order valence-corrected chi connectivity index (χ1v) is 15.9. The highest BCUT2D eigenvalue weighted by Gasteiger charge is 2.47. The Morgan fingerprint density at radius 3 is 2.51 bits per heavy atom. The number of aromatic carboxylic acids is 1. The van der Waals surface area contributed by atoms with Crippen LogP contribution in [0.15, 0.2) is 54.6 Å². The molecule has 3 heterocycles. The maximum atomic E-state index is 13.7. The van der Waals surface area contributed by atoms with Gasteiger partial charge in [0, 0.05) is 48.7 Å². The number of rotatable bonds is 7. The van der Waals surface area contributed by atoms with E-state index in [1.807, 2.05) is 40.8 Å². The van der Waals surface area contributed by atoms with Crippen LogP contribution in [0.2, 0.25) is 5.02 Å². The third-order valence-corrected chi connectivity index (χ3v) is 10.4. The molecule has 0 spiro atoms. The Hall–Kier alpha value is -4.34. The summed E-state index contributed by atoms with van der Waals surface area (Å²) < 4.78 is 10.2. The number of hydrogen-bond acceptors (Lipinski definition) is 5. The SMILES string of the molecule is COc1cc(C(=O)N2CC3CCC2[C@@H]3N)cc2nc(-c3cc4ccc(-c5ccc(Cl)c(C(=O)O)c5)cc4n3CC3CC3)n(C)c12. The second kappa shape index (κ2) is 10.4. The van der Waals surface area contributed by atoms with Crippen molar-refractivity contribution < 1.29 is 19.4 Å². The number of carbonyl (C=O) groups excluding carboxylic acids is 1. The van der Waals surface area contributed by atoms with Gasteiger partial charge in [-0.25, -0.2) is 9.78 Å². The largest absolute Gasteiger partial charge is 0.494 e. The average Bonchev–Trinajstić information content (AvgIpc) is 3.44. The second-order valence-corrected chi connectivity index (χ2v) is 13.2. The highest BCUT2D eigenvalue weighted by atomic mass is 35.5. The van der Waals surface area contributed by atoms with Gasteiger partial charge >= 0.3 is 5.97 Å². The molecule has 9 nitrogen and oxygen atoms in total. The number of fused-ring (bicyclic) bond motifs is 4. The Morgan fingerprint density at radius 1 is 1.04 bits per heavy atom. The highest BCUT2D eigenvalue weighted by Crippen LogP contribution is 2.41. The van der Waals surface area contributed by atoms with Crippen molar-refractivity contribution in [2.45, 2.75) is 44.3 Å². The minimum atomic E-state index is -1.05. The lowest BCUT2D eigenvalue weighted by atomic mass is 10.0. The molecular formula is C35H34ClN5O4. The first kappa shape index (κ1) is 28.2. The molecule has 8 rings (SSSR count). The van der Waals surface area contributed by atoms with Gasteiger partial charge in [-0.05, 0) is 85.0 Å². The zero-order chi connectivity index (χ0) is 31.1. The fourth-order valence-corrected chi connectivity index (χ4v) is 7.71. The molecule has 3 fully saturated rings. The van der Waals surface area contributed by atoms with Gasteiger partial charge in [-0.1, -0.05) is 29.8 Å². The van der Waals surface area contributed by atoms with Crippen molar-refractivity contribution in [3.05, 3.63) is 70.7 Å². The summed E-state index contributed by atoms with van der Waals surface area (Å²) in [6.45, 7) is 1.56. The predicted molar refractivity (Wildman–Crippen MR) is 174 cm³/mol. The number of carboxylic acids is 1.